The van der Waals surface area contributed by atoms with Gasteiger partial charge in [0.25, 0.3) is 0 Å². The normalized spacial score (nSPS) is 13.7. The van der Waals surface area contributed by atoms with Gasteiger partial charge in [0, 0.05) is 36.3 Å². The van der Waals surface area contributed by atoms with Crippen molar-refractivity contribution >= 4 is 28.5 Å². The van der Waals surface area contributed by atoms with Crippen LogP contribution in [0.15, 0.2) is 53.5 Å². The second kappa shape index (κ2) is 10.6. The van der Waals surface area contributed by atoms with Crippen LogP contribution in [-0.2, 0) is 24.2 Å². The molecule has 2 heterocycles. The van der Waals surface area contributed by atoms with Crippen molar-refractivity contribution in [2.75, 3.05) is 27.4 Å². The summed E-state index contributed by atoms with van der Waals surface area (Å²) < 4.78 is 16.3. The molecule has 0 radical (unpaired) electrons. The summed E-state index contributed by atoms with van der Waals surface area (Å²) in [5.74, 6) is 0.933. The lowest BCUT2D eigenvalue weighted by atomic mass is 10.0. The van der Waals surface area contributed by atoms with Gasteiger partial charge in [0.15, 0.2) is 11.5 Å². The molecule has 1 aromatic heterocycles. The van der Waals surface area contributed by atoms with E-state index in [9.17, 15) is 4.79 Å². The van der Waals surface area contributed by atoms with Gasteiger partial charge in [-0.05, 0) is 36.6 Å². The Hall–Kier alpha value is -3.16. The van der Waals surface area contributed by atoms with Gasteiger partial charge >= 0.3 is 5.97 Å². The van der Waals surface area contributed by atoms with Crippen LogP contribution in [0.1, 0.15) is 38.8 Å². The standard InChI is InChI=1S/C26H28N2O4S/c1-4-32-26(29)23-20-13-14-28(16-18-9-6-5-7-10-18)17-22(20)33-25(23)27-15-19-11-8-12-21(30-2)24(19)31-3/h5-12,15H,4,13-14,16-17H2,1-3H3. The molecule has 6 nitrogen and oxygen atoms in total. The summed E-state index contributed by atoms with van der Waals surface area (Å²) in [6.45, 7) is 4.71. The minimum Gasteiger partial charge on any atom is -0.493 e. The second-order valence-electron chi connectivity index (χ2n) is 7.69. The second-order valence-corrected chi connectivity index (χ2v) is 8.78. The molecule has 0 N–H and O–H groups in total. The zero-order valence-corrected chi connectivity index (χ0v) is 20.0. The van der Waals surface area contributed by atoms with Gasteiger partial charge in [-0.1, -0.05) is 36.4 Å². The topological polar surface area (TPSA) is 60.4 Å². The van der Waals surface area contributed by atoms with Gasteiger partial charge in [0.2, 0.25) is 0 Å². The van der Waals surface area contributed by atoms with Crippen LogP contribution in [0.4, 0.5) is 5.00 Å². The molecule has 0 spiro atoms. The molecule has 0 saturated carbocycles. The zero-order valence-electron chi connectivity index (χ0n) is 19.2. The molecule has 1 aliphatic heterocycles. The van der Waals surface area contributed by atoms with E-state index in [-0.39, 0.29) is 5.97 Å². The Balaban J connectivity index is 1.65. The number of hydrogen-bond acceptors (Lipinski definition) is 7. The maximum absolute atomic E-state index is 12.9. The first kappa shape index (κ1) is 23.0. The Morgan fingerprint density at radius 2 is 1.94 bits per heavy atom. The van der Waals surface area contributed by atoms with Crippen molar-refractivity contribution in [3.8, 4) is 11.5 Å². The number of carbonyl (C=O) groups is 1. The molecule has 0 bridgehead atoms. The molecule has 0 unspecified atom stereocenters. The highest BCUT2D eigenvalue weighted by molar-refractivity contribution is 7.16. The number of nitrogens with zero attached hydrogens (tertiary/aromatic N) is 2. The number of ether oxygens (including phenoxy) is 3. The van der Waals surface area contributed by atoms with E-state index in [1.165, 1.54) is 10.4 Å². The van der Waals surface area contributed by atoms with Crippen molar-refractivity contribution in [1.82, 2.24) is 4.90 Å². The Morgan fingerprint density at radius 3 is 2.67 bits per heavy atom. The summed E-state index contributed by atoms with van der Waals surface area (Å²) in [4.78, 5) is 21.2. The van der Waals surface area contributed by atoms with Crippen molar-refractivity contribution in [1.29, 1.82) is 0 Å². The zero-order chi connectivity index (χ0) is 23.2. The first-order chi connectivity index (χ1) is 16.1. The van der Waals surface area contributed by atoms with Crippen LogP contribution < -0.4 is 9.47 Å². The van der Waals surface area contributed by atoms with E-state index in [0.29, 0.717) is 28.7 Å². The Labute approximate surface area is 198 Å². The van der Waals surface area contributed by atoms with Gasteiger partial charge in [-0.2, -0.15) is 0 Å². The first-order valence-corrected chi connectivity index (χ1v) is 11.8. The summed E-state index contributed by atoms with van der Waals surface area (Å²) in [6.07, 6.45) is 2.52. The molecule has 7 heteroatoms. The van der Waals surface area contributed by atoms with Gasteiger partial charge in [0.1, 0.15) is 5.00 Å². The van der Waals surface area contributed by atoms with Crippen LogP contribution in [0.2, 0.25) is 0 Å². The highest BCUT2D eigenvalue weighted by Crippen LogP contribution is 2.40. The molecular weight excluding hydrogens is 436 g/mol. The first-order valence-electron chi connectivity index (χ1n) is 11.0. The Kier molecular flexibility index (Phi) is 7.42. The highest BCUT2D eigenvalue weighted by Gasteiger charge is 2.28. The minimum absolute atomic E-state index is 0.309. The van der Waals surface area contributed by atoms with E-state index in [0.717, 1.165) is 37.2 Å². The number of carbonyl (C=O) groups excluding carboxylic acids is 1. The summed E-state index contributed by atoms with van der Waals surface area (Å²) in [5.41, 5.74) is 3.72. The number of methoxy groups -OCH3 is 2. The molecule has 2 aromatic carbocycles. The monoisotopic (exact) mass is 464 g/mol. The maximum Gasteiger partial charge on any atom is 0.341 e. The van der Waals surface area contributed by atoms with Crippen LogP contribution in [0.5, 0.6) is 11.5 Å². The van der Waals surface area contributed by atoms with E-state index in [1.807, 2.05) is 31.2 Å². The van der Waals surface area contributed by atoms with Crippen LogP contribution in [0.25, 0.3) is 0 Å². The quantitative estimate of drug-likeness (QED) is 0.337. The fourth-order valence-electron chi connectivity index (χ4n) is 4.07. The maximum atomic E-state index is 12.9. The lowest BCUT2D eigenvalue weighted by molar-refractivity contribution is 0.0526. The summed E-state index contributed by atoms with van der Waals surface area (Å²) >= 11 is 1.56. The van der Waals surface area contributed by atoms with Crippen molar-refractivity contribution in [3.05, 3.63) is 75.7 Å². The SMILES string of the molecule is CCOC(=O)c1c(N=Cc2cccc(OC)c2OC)sc2c1CCN(Cc1ccccc1)C2. The smallest absolute Gasteiger partial charge is 0.341 e. The summed E-state index contributed by atoms with van der Waals surface area (Å²) in [7, 11) is 3.20. The van der Waals surface area contributed by atoms with Crippen LogP contribution in [-0.4, -0.2) is 44.5 Å². The van der Waals surface area contributed by atoms with E-state index in [2.05, 4.69) is 29.2 Å². The van der Waals surface area contributed by atoms with Gasteiger partial charge in [-0.25, -0.2) is 9.79 Å². The molecular formula is C26H28N2O4S. The highest BCUT2D eigenvalue weighted by atomic mass is 32.1. The van der Waals surface area contributed by atoms with Crippen molar-refractivity contribution in [2.24, 2.45) is 4.99 Å². The molecule has 0 saturated heterocycles. The fourth-order valence-corrected chi connectivity index (χ4v) is 5.29. The van der Waals surface area contributed by atoms with Crippen LogP contribution >= 0.6 is 11.3 Å². The molecule has 0 fully saturated rings. The number of para-hydroxylation sites is 1. The number of hydrogen-bond donors (Lipinski definition) is 0. The van der Waals surface area contributed by atoms with E-state index in [1.54, 1.807) is 31.8 Å². The van der Waals surface area contributed by atoms with Gasteiger partial charge < -0.3 is 14.2 Å². The Morgan fingerprint density at radius 1 is 1.12 bits per heavy atom. The summed E-state index contributed by atoms with van der Waals surface area (Å²) in [5, 5.41) is 0.671. The number of esters is 1. The number of rotatable bonds is 8. The third-order valence-electron chi connectivity index (χ3n) is 5.60. The molecule has 4 rings (SSSR count). The molecule has 0 amide bonds. The van der Waals surface area contributed by atoms with Crippen LogP contribution in [0, 0.1) is 0 Å². The van der Waals surface area contributed by atoms with Crippen molar-refractivity contribution in [2.45, 2.75) is 26.4 Å². The molecule has 0 aliphatic carbocycles. The fraction of sp³-hybridized carbons (Fsp3) is 0.308. The van der Waals surface area contributed by atoms with Crippen molar-refractivity contribution < 1.29 is 19.0 Å². The van der Waals surface area contributed by atoms with Gasteiger partial charge in [-0.15, -0.1) is 11.3 Å². The average Bonchev–Trinajstić information content (AvgIpc) is 3.20. The van der Waals surface area contributed by atoms with Gasteiger partial charge in [-0.3, -0.25) is 4.90 Å². The number of thiophene rings is 1. The molecule has 1 aliphatic rings. The molecule has 0 atom stereocenters. The predicted molar refractivity (Wildman–Crippen MR) is 131 cm³/mol. The Bertz CT molecular complexity index is 1140. The third kappa shape index (κ3) is 5.10. The molecule has 3 aromatic rings. The molecule has 33 heavy (non-hydrogen) atoms. The van der Waals surface area contributed by atoms with Gasteiger partial charge in [0.05, 0.1) is 26.4 Å². The minimum atomic E-state index is -0.309. The lowest BCUT2D eigenvalue weighted by Crippen LogP contribution is -2.29. The van der Waals surface area contributed by atoms with Crippen molar-refractivity contribution in [3.63, 3.8) is 0 Å². The third-order valence-corrected chi connectivity index (χ3v) is 6.72. The molecule has 172 valence electrons. The van der Waals surface area contributed by atoms with E-state index in [4.69, 9.17) is 19.2 Å². The van der Waals surface area contributed by atoms with E-state index >= 15 is 0 Å². The average molecular weight is 465 g/mol. The largest absolute Gasteiger partial charge is 0.493 e. The predicted octanol–water partition coefficient (Wildman–Crippen LogP) is 5.25. The number of aliphatic imine (C=N–C) groups is 1. The number of benzene rings is 2. The summed E-state index contributed by atoms with van der Waals surface area (Å²) in [6, 6.07) is 16.1. The lowest BCUT2D eigenvalue weighted by Gasteiger charge is -2.27. The number of fused-ring (bicyclic) bond motifs is 1. The van der Waals surface area contributed by atoms with E-state index < -0.39 is 0 Å². The van der Waals surface area contributed by atoms with Crippen LogP contribution in [0.3, 0.4) is 0 Å².